The van der Waals surface area contributed by atoms with Crippen LogP contribution in [0.4, 0.5) is 0 Å². The normalized spacial score (nSPS) is 10.1. The Labute approximate surface area is 113 Å². The van der Waals surface area contributed by atoms with Gasteiger partial charge in [0.25, 0.3) is 0 Å². The highest BCUT2D eigenvalue weighted by Crippen LogP contribution is 2.21. The first kappa shape index (κ1) is 13.6. The van der Waals surface area contributed by atoms with Gasteiger partial charge in [0.15, 0.2) is 0 Å². The van der Waals surface area contributed by atoms with E-state index in [2.05, 4.69) is 22.6 Å². The summed E-state index contributed by atoms with van der Waals surface area (Å²) >= 11 is 3.84. The van der Waals surface area contributed by atoms with E-state index in [1.54, 1.807) is 23.9 Å². The van der Waals surface area contributed by atoms with Crippen molar-refractivity contribution >= 4 is 40.3 Å². The van der Waals surface area contributed by atoms with E-state index >= 15 is 0 Å². The van der Waals surface area contributed by atoms with Crippen molar-refractivity contribution in [1.29, 1.82) is 0 Å². The predicted octanol–water partition coefficient (Wildman–Crippen LogP) is 3.12. The number of carbonyl (C=O) groups is 1. The Balaban J connectivity index is 2.67. The summed E-state index contributed by atoms with van der Waals surface area (Å²) in [5, 5.41) is 9.01. The summed E-state index contributed by atoms with van der Waals surface area (Å²) in [5.41, 5.74) is 0.232. The molecule has 1 N–H and O–H groups in total. The summed E-state index contributed by atoms with van der Waals surface area (Å²) < 4.78 is 6.35. The Morgan fingerprint density at radius 2 is 2.31 bits per heavy atom. The van der Waals surface area contributed by atoms with E-state index in [1.807, 2.05) is 12.3 Å². The van der Waals surface area contributed by atoms with Crippen molar-refractivity contribution in [3.63, 3.8) is 0 Å². The Bertz CT molecular complexity index is 368. The molecule has 88 valence electrons. The molecule has 0 atom stereocenters. The number of hydrogen-bond acceptors (Lipinski definition) is 3. The fourth-order valence-corrected chi connectivity index (χ4v) is 2.08. The van der Waals surface area contributed by atoms with Crippen molar-refractivity contribution < 1.29 is 14.6 Å². The molecule has 0 heterocycles. The molecular weight excluding hydrogens is 339 g/mol. The molecule has 0 aromatic heterocycles. The van der Waals surface area contributed by atoms with Gasteiger partial charge in [0.1, 0.15) is 11.3 Å². The van der Waals surface area contributed by atoms with Crippen molar-refractivity contribution in [2.24, 2.45) is 0 Å². The lowest BCUT2D eigenvalue weighted by Gasteiger charge is -2.08. The average Bonchev–Trinajstić information content (AvgIpc) is 2.26. The molecule has 0 radical (unpaired) electrons. The zero-order chi connectivity index (χ0) is 12.0. The first-order valence-electron chi connectivity index (χ1n) is 4.79. The van der Waals surface area contributed by atoms with E-state index in [1.165, 1.54) is 0 Å². The lowest BCUT2D eigenvalue weighted by atomic mass is 10.2. The van der Waals surface area contributed by atoms with Gasteiger partial charge in [-0.15, -0.1) is 0 Å². The number of hydrogen-bond donors (Lipinski definition) is 1. The van der Waals surface area contributed by atoms with Crippen molar-refractivity contribution in [2.45, 2.75) is 6.42 Å². The minimum absolute atomic E-state index is 0.232. The molecule has 0 fully saturated rings. The van der Waals surface area contributed by atoms with Gasteiger partial charge in [-0.2, -0.15) is 11.8 Å². The zero-order valence-corrected chi connectivity index (χ0v) is 11.9. The van der Waals surface area contributed by atoms with Crippen LogP contribution in [0.5, 0.6) is 5.75 Å². The highest BCUT2D eigenvalue weighted by molar-refractivity contribution is 14.1. The SMILES string of the molecule is CSCCCOc1ccc(I)cc1C(=O)O. The quantitative estimate of drug-likeness (QED) is 0.631. The van der Waals surface area contributed by atoms with Crippen LogP contribution in [0.2, 0.25) is 0 Å². The summed E-state index contributed by atoms with van der Waals surface area (Å²) in [6, 6.07) is 5.17. The van der Waals surface area contributed by atoms with Crippen LogP contribution >= 0.6 is 34.4 Å². The van der Waals surface area contributed by atoms with Crippen LogP contribution in [-0.2, 0) is 0 Å². The first-order chi connectivity index (χ1) is 7.65. The molecule has 1 aromatic rings. The lowest BCUT2D eigenvalue weighted by molar-refractivity contribution is 0.0692. The zero-order valence-electron chi connectivity index (χ0n) is 8.90. The van der Waals surface area contributed by atoms with Gasteiger partial charge in [0, 0.05) is 3.57 Å². The van der Waals surface area contributed by atoms with E-state index in [4.69, 9.17) is 9.84 Å². The van der Waals surface area contributed by atoms with Gasteiger partial charge in [0.2, 0.25) is 0 Å². The first-order valence-corrected chi connectivity index (χ1v) is 7.27. The predicted molar refractivity (Wildman–Crippen MR) is 74.6 cm³/mol. The van der Waals surface area contributed by atoms with Gasteiger partial charge in [-0.1, -0.05) is 0 Å². The molecule has 0 amide bonds. The monoisotopic (exact) mass is 352 g/mol. The molecule has 0 aliphatic heterocycles. The smallest absolute Gasteiger partial charge is 0.339 e. The van der Waals surface area contributed by atoms with Crippen LogP contribution in [0.25, 0.3) is 0 Å². The number of benzene rings is 1. The summed E-state index contributed by atoms with van der Waals surface area (Å²) in [4.78, 5) is 11.0. The van der Waals surface area contributed by atoms with E-state index in [0.717, 1.165) is 15.7 Å². The molecule has 1 aromatic carbocycles. The Morgan fingerprint density at radius 1 is 1.56 bits per heavy atom. The van der Waals surface area contributed by atoms with Crippen molar-refractivity contribution in [2.75, 3.05) is 18.6 Å². The minimum Gasteiger partial charge on any atom is -0.493 e. The van der Waals surface area contributed by atoms with E-state index in [9.17, 15) is 4.79 Å². The number of aromatic carboxylic acids is 1. The lowest BCUT2D eigenvalue weighted by Crippen LogP contribution is -2.05. The Hall–Kier alpha value is -0.430. The molecule has 0 spiro atoms. The van der Waals surface area contributed by atoms with E-state index in [0.29, 0.717) is 12.4 Å². The third-order valence-electron chi connectivity index (χ3n) is 1.92. The van der Waals surface area contributed by atoms with Crippen molar-refractivity contribution in [3.8, 4) is 5.75 Å². The molecule has 0 bridgehead atoms. The summed E-state index contributed by atoms with van der Waals surface area (Å²) in [6.45, 7) is 0.557. The fraction of sp³-hybridized carbons (Fsp3) is 0.364. The standard InChI is InChI=1S/C11H13IO3S/c1-16-6-2-5-15-10-4-3-8(12)7-9(10)11(13)14/h3-4,7H,2,5-6H2,1H3,(H,13,14). The fourth-order valence-electron chi connectivity index (χ4n) is 1.18. The number of carboxylic acids is 1. The van der Waals surface area contributed by atoms with Crippen molar-refractivity contribution in [3.05, 3.63) is 27.3 Å². The van der Waals surface area contributed by atoms with Gasteiger partial charge in [0.05, 0.1) is 6.61 Å². The second kappa shape index (κ2) is 7.01. The second-order valence-corrected chi connectivity index (χ2v) is 5.37. The summed E-state index contributed by atoms with van der Waals surface area (Å²) in [7, 11) is 0. The van der Waals surface area contributed by atoms with Crippen LogP contribution in [-0.4, -0.2) is 29.7 Å². The molecule has 0 saturated heterocycles. The van der Waals surface area contributed by atoms with Gasteiger partial charge in [-0.3, -0.25) is 0 Å². The minimum atomic E-state index is -0.946. The third-order valence-corrected chi connectivity index (χ3v) is 3.29. The highest BCUT2D eigenvalue weighted by atomic mass is 127. The second-order valence-electron chi connectivity index (χ2n) is 3.14. The molecule has 0 aliphatic carbocycles. The molecule has 3 nitrogen and oxygen atoms in total. The van der Waals surface area contributed by atoms with Crippen LogP contribution in [0.3, 0.4) is 0 Å². The van der Waals surface area contributed by atoms with Crippen LogP contribution in [0.1, 0.15) is 16.8 Å². The molecule has 1 rings (SSSR count). The van der Waals surface area contributed by atoms with E-state index in [-0.39, 0.29) is 5.56 Å². The Kier molecular flexibility index (Phi) is 5.97. The maximum atomic E-state index is 11.0. The number of rotatable bonds is 6. The highest BCUT2D eigenvalue weighted by Gasteiger charge is 2.11. The average molecular weight is 352 g/mol. The van der Waals surface area contributed by atoms with Gasteiger partial charge in [-0.25, -0.2) is 4.79 Å². The maximum Gasteiger partial charge on any atom is 0.339 e. The van der Waals surface area contributed by atoms with Crippen molar-refractivity contribution in [1.82, 2.24) is 0 Å². The number of thioether (sulfide) groups is 1. The number of halogens is 1. The van der Waals surface area contributed by atoms with Crippen LogP contribution in [0, 0.1) is 3.57 Å². The molecule has 0 aliphatic rings. The Morgan fingerprint density at radius 3 is 2.94 bits per heavy atom. The summed E-state index contributed by atoms with van der Waals surface area (Å²) in [6.07, 6.45) is 2.96. The molecule has 0 unspecified atom stereocenters. The largest absolute Gasteiger partial charge is 0.493 e. The molecular formula is C11H13IO3S. The van der Waals surface area contributed by atoms with Gasteiger partial charge >= 0.3 is 5.97 Å². The number of ether oxygens (including phenoxy) is 1. The molecule has 5 heteroatoms. The summed E-state index contributed by atoms with van der Waals surface area (Å²) in [5.74, 6) is 0.527. The van der Waals surface area contributed by atoms with Gasteiger partial charge in [-0.05, 0) is 59.2 Å². The molecule has 0 saturated carbocycles. The topological polar surface area (TPSA) is 46.5 Å². The number of carboxylic acid groups (broad SMARTS) is 1. The van der Waals surface area contributed by atoms with E-state index < -0.39 is 5.97 Å². The third kappa shape index (κ3) is 4.21. The maximum absolute atomic E-state index is 11.0. The van der Waals surface area contributed by atoms with Crippen LogP contribution in [0.15, 0.2) is 18.2 Å². The molecule has 16 heavy (non-hydrogen) atoms. The van der Waals surface area contributed by atoms with Crippen LogP contribution < -0.4 is 4.74 Å². The van der Waals surface area contributed by atoms with Gasteiger partial charge < -0.3 is 9.84 Å².